The van der Waals surface area contributed by atoms with Gasteiger partial charge in [0.25, 0.3) is 0 Å². The average Bonchev–Trinajstić information content (AvgIpc) is 2.21. The van der Waals surface area contributed by atoms with Gasteiger partial charge >= 0.3 is 0 Å². The van der Waals surface area contributed by atoms with Gasteiger partial charge in [0.2, 0.25) is 5.91 Å². The number of carbonyl (C=O) groups excluding carboxylic acids is 1. The Morgan fingerprint density at radius 2 is 1.81 bits per heavy atom. The molecule has 0 bridgehead atoms. The molecule has 86 valence electrons. The van der Waals surface area contributed by atoms with Crippen LogP contribution in [0.25, 0.3) is 0 Å². The van der Waals surface area contributed by atoms with Gasteiger partial charge in [-0.05, 0) is 38.1 Å². The first-order valence-electron chi connectivity index (χ1n) is 4.76. The molecule has 1 aromatic carbocycles. The van der Waals surface area contributed by atoms with Crippen LogP contribution in [0.1, 0.15) is 13.8 Å². The van der Waals surface area contributed by atoms with Crippen molar-refractivity contribution in [2.75, 3.05) is 5.32 Å². The molecule has 0 radical (unpaired) electrons. The lowest BCUT2D eigenvalue weighted by Crippen LogP contribution is -2.30. The summed E-state index contributed by atoms with van der Waals surface area (Å²) < 4.78 is 0. The summed E-state index contributed by atoms with van der Waals surface area (Å²) in [4.78, 5) is 11.9. The molecular weight excluding hydrogens is 245 g/mol. The zero-order valence-electron chi connectivity index (χ0n) is 9.18. The molecule has 1 amide bonds. The standard InChI is InChI=1S/C12H13Cl2NO/c1-8(13)12(2,3)11(16)15-10-6-4-9(14)5-7-10/h4-7H,1H2,2-3H3,(H,15,16). The summed E-state index contributed by atoms with van der Waals surface area (Å²) in [6.45, 7) is 7.02. The van der Waals surface area contributed by atoms with E-state index in [1.807, 2.05) is 0 Å². The average molecular weight is 258 g/mol. The normalized spacial score (nSPS) is 11.0. The summed E-state index contributed by atoms with van der Waals surface area (Å²) in [5, 5.41) is 3.68. The first kappa shape index (κ1) is 13.1. The molecule has 0 unspecified atom stereocenters. The van der Waals surface area contributed by atoms with Crippen LogP contribution in [0.3, 0.4) is 0 Å². The predicted octanol–water partition coefficient (Wildman–Crippen LogP) is 4.06. The maximum Gasteiger partial charge on any atom is 0.235 e. The van der Waals surface area contributed by atoms with Gasteiger partial charge in [0, 0.05) is 15.7 Å². The third kappa shape index (κ3) is 3.00. The number of rotatable bonds is 3. The molecule has 0 aliphatic carbocycles. The summed E-state index contributed by atoms with van der Waals surface area (Å²) in [6.07, 6.45) is 0. The van der Waals surface area contributed by atoms with E-state index in [-0.39, 0.29) is 5.91 Å². The number of hydrogen-bond donors (Lipinski definition) is 1. The van der Waals surface area contributed by atoms with Gasteiger partial charge in [-0.1, -0.05) is 29.8 Å². The Hall–Kier alpha value is -0.990. The van der Waals surface area contributed by atoms with Crippen molar-refractivity contribution < 1.29 is 4.79 Å². The zero-order valence-corrected chi connectivity index (χ0v) is 10.7. The lowest BCUT2D eigenvalue weighted by molar-refractivity contribution is -0.122. The molecule has 0 saturated carbocycles. The minimum Gasteiger partial charge on any atom is -0.325 e. The molecule has 0 spiro atoms. The van der Waals surface area contributed by atoms with Gasteiger partial charge in [0.1, 0.15) is 0 Å². The molecule has 0 saturated heterocycles. The number of anilines is 1. The Bertz CT molecular complexity index is 410. The van der Waals surface area contributed by atoms with Crippen molar-refractivity contribution in [2.45, 2.75) is 13.8 Å². The molecule has 1 aromatic rings. The van der Waals surface area contributed by atoms with Gasteiger partial charge in [-0.2, -0.15) is 0 Å². The number of carbonyl (C=O) groups is 1. The van der Waals surface area contributed by atoms with Crippen LogP contribution in [0.15, 0.2) is 35.9 Å². The highest BCUT2D eigenvalue weighted by Gasteiger charge is 2.29. The lowest BCUT2D eigenvalue weighted by atomic mass is 9.92. The highest BCUT2D eigenvalue weighted by Crippen LogP contribution is 2.29. The molecule has 2 nitrogen and oxygen atoms in total. The van der Waals surface area contributed by atoms with E-state index in [9.17, 15) is 4.79 Å². The van der Waals surface area contributed by atoms with Gasteiger partial charge in [-0.15, -0.1) is 0 Å². The quantitative estimate of drug-likeness (QED) is 0.870. The van der Waals surface area contributed by atoms with Gasteiger partial charge in [-0.25, -0.2) is 0 Å². The Labute approximate surface area is 105 Å². The van der Waals surface area contributed by atoms with Crippen molar-refractivity contribution in [1.29, 1.82) is 0 Å². The fourth-order valence-electron chi connectivity index (χ4n) is 0.944. The van der Waals surface area contributed by atoms with Crippen LogP contribution in [0.5, 0.6) is 0 Å². The second kappa shape index (κ2) is 4.89. The largest absolute Gasteiger partial charge is 0.325 e. The van der Waals surface area contributed by atoms with E-state index in [4.69, 9.17) is 23.2 Å². The SMILES string of the molecule is C=C(Cl)C(C)(C)C(=O)Nc1ccc(Cl)cc1. The van der Waals surface area contributed by atoms with Crippen molar-refractivity contribution in [3.8, 4) is 0 Å². The molecule has 0 atom stereocenters. The van der Waals surface area contributed by atoms with Crippen LogP contribution in [-0.4, -0.2) is 5.91 Å². The Kier molecular flexibility index (Phi) is 4.00. The molecular formula is C12H13Cl2NO. The molecule has 1 rings (SSSR count). The Balaban J connectivity index is 2.79. The second-order valence-corrected chi connectivity index (χ2v) is 4.88. The highest BCUT2D eigenvalue weighted by atomic mass is 35.5. The minimum atomic E-state index is -0.804. The molecule has 0 aliphatic rings. The van der Waals surface area contributed by atoms with E-state index in [1.54, 1.807) is 38.1 Å². The van der Waals surface area contributed by atoms with Crippen molar-refractivity contribution in [1.82, 2.24) is 0 Å². The molecule has 16 heavy (non-hydrogen) atoms. The number of hydrogen-bond acceptors (Lipinski definition) is 1. The molecule has 4 heteroatoms. The molecule has 0 aliphatic heterocycles. The number of benzene rings is 1. The van der Waals surface area contributed by atoms with Crippen molar-refractivity contribution in [2.24, 2.45) is 5.41 Å². The predicted molar refractivity (Wildman–Crippen MR) is 68.9 cm³/mol. The van der Waals surface area contributed by atoms with E-state index in [0.717, 1.165) is 0 Å². The molecule has 1 N–H and O–H groups in total. The third-order valence-corrected chi connectivity index (χ3v) is 3.07. The smallest absolute Gasteiger partial charge is 0.235 e. The fraction of sp³-hybridized carbons (Fsp3) is 0.250. The summed E-state index contributed by atoms with van der Waals surface area (Å²) in [6, 6.07) is 6.87. The number of amides is 1. The van der Waals surface area contributed by atoms with Gasteiger partial charge in [0.05, 0.1) is 5.41 Å². The maximum absolute atomic E-state index is 11.9. The van der Waals surface area contributed by atoms with Crippen LogP contribution in [-0.2, 0) is 4.79 Å². The van der Waals surface area contributed by atoms with Crippen molar-refractivity contribution in [3.63, 3.8) is 0 Å². The second-order valence-electron chi connectivity index (χ2n) is 3.99. The zero-order chi connectivity index (χ0) is 12.3. The minimum absolute atomic E-state index is 0.199. The summed E-state index contributed by atoms with van der Waals surface area (Å²) in [5.74, 6) is -0.199. The van der Waals surface area contributed by atoms with Gasteiger partial charge in [0.15, 0.2) is 0 Å². The summed E-state index contributed by atoms with van der Waals surface area (Å²) in [5.41, 5.74) is -0.123. The number of halogens is 2. The Morgan fingerprint density at radius 1 is 1.31 bits per heavy atom. The van der Waals surface area contributed by atoms with E-state index in [1.165, 1.54) is 0 Å². The lowest BCUT2D eigenvalue weighted by Gasteiger charge is -2.22. The molecule has 0 heterocycles. The van der Waals surface area contributed by atoms with Gasteiger partial charge in [-0.3, -0.25) is 4.79 Å². The highest BCUT2D eigenvalue weighted by molar-refractivity contribution is 6.32. The first-order chi connectivity index (χ1) is 7.34. The number of nitrogens with one attached hydrogen (secondary N) is 1. The van der Waals surface area contributed by atoms with Gasteiger partial charge < -0.3 is 5.32 Å². The summed E-state index contributed by atoms with van der Waals surface area (Å²) >= 11 is 11.5. The van der Waals surface area contributed by atoms with E-state index >= 15 is 0 Å². The topological polar surface area (TPSA) is 29.1 Å². The molecule has 0 aromatic heterocycles. The summed E-state index contributed by atoms with van der Waals surface area (Å²) in [7, 11) is 0. The molecule has 0 fully saturated rings. The van der Waals surface area contributed by atoms with Crippen molar-refractivity contribution >= 4 is 34.8 Å². The van der Waals surface area contributed by atoms with Crippen molar-refractivity contribution in [3.05, 3.63) is 40.9 Å². The van der Waals surface area contributed by atoms with E-state index in [2.05, 4.69) is 11.9 Å². The first-order valence-corrected chi connectivity index (χ1v) is 5.51. The fourth-order valence-corrected chi connectivity index (χ4v) is 1.16. The van der Waals surface area contributed by atoms with Crippen LogP contribution < -0.4 is 5.32 Å². The maximum atomic E-state index is 11.9. The monoisotopic (exact) mass is 257 g/mol. The van der Waals surface area contributed by atoms with Crippen LogP contribution in [0.4, 0.5) is 5.69 Å². The Morgan fingerprint density at radius 3 is 2.25 bits per heavy atom. The third-order valence-electron chi connectivity index (χ3n) is 2.35. The van der Waals surface area contributed by atoms with Crippen LogP contribution in [0.2, 0.25) is 5.02 Å². The van der Waals surface area contributed by atoms with Crippen LogP contribution in [0, 0.1) is 5.41 Å². The van der Waals surface area contributed by atoms with E-state index < -0.39 is 5.41 Å². The van der Waals surface area contributed by atoms with Crippen LogP contribution >= 0.6 is 23.2 Å². The van der Waals surface area contributed by atoms with E-state index in [0.29, 0.717) is 15.7 Å².